The molecule has 0 saturated carbocycles. The minimum atomic E-state index is -0.984. The molecule has 0 radical (unpaired) electrons. The number of benzene rings is 1. The molecule has 0 fully saturated rings. The highest BCUT2D eigenvalue weighted by Gasteiger charge is 2.31. The Morgan fingerprint density at radius 3 is 3.00 bits per heavy atom. The van der Waals surface area contributed by atoms with Crippen LogP contribution in [-0.2, 0) is 20.7 Å². The first kappa shape index (κ1) is 13.6. The Morgan fingerprint density at radius 2 is 2.29 bits per heavy atom. The third-order valence-corrected chi connectivity index (χ3v) is 3.59. The van der Waals surface area contributed by atoms with Crippen LogP contribution < -0.4 is 0 Å². The molecule has 1 aromatic carbocycles. The Hall–Kier alpha value is -2.34. The number of rotatable bonds is 3. The van der Waals surface area contributed by atoms with Crippen molar-refractivity contribution in [2.24, 2.45) is 0 Å². The summed E-state index contributed by atoms with van der Waals surface area (Å²) in [5.74, 6) is -1.41. The number of esters is 1. The summed E-state index contributed by atoms with van der Waals surface area (Å²) in [6, 6.07) is 4.90. The van der Waals surface area contributed by atoms with E-state index in [-0.39, 0.29) is 12.2 Å². The van der Waals surface area contributed by atoms with Crippen molar-refractivity contribution in [1.29, 1.82) is 0 Å². The fraction of sp³-hybridized carbons (Fsp3) is 0.333. The van der Waals surface area contributed by atoms with Crippen molar-refractivity contribution in [2.75, 3.05) is 13.2 Å². The summed E-state index contributed by atoms with van der Waals surface area (Å²) in [6.45, 7) is 2.47. The summed E-state index contributed by atoms with van der Waals surface area (Å²) in [4.78, 5) is 26.1. The number of carboxylic acid groups (broad SMARTS) is 1. The van der Waals surface area contributed by atoms with Gasteiger partial charge in [-0.1, -0.05) is 6.07 Å². The normalized spacial score (nSPS) is 17.5. The van der Waals surface area contributed by atoms with Gasteiger partial charge in [0.2, 0.25) is 0 Å². The zero-order valence-electron chi connectivity index (χ0n) is 11.5. The summed E-state index contributed by atoms with van der Waals surface area (Å²) in [6.07, 6.45) is -0.0909. The second-order valence-electron chi connectivity index (χ2n) is 4.84. The van der Waals surface area contributed by atoms with Gasteiger partial charge >= 0.3 is 11.9 Å². The average Bonchev–Trinajstić information content (AvgIpc) is 2.84. The molecular formula is C15H15NO5. The first-order valence-electron chi connectivity index (χ1n) is 6.78. The highest BCUT2D eigenvalue weighted by atomic mass is 16.6. The third-order valence-electron chi connectivity index (χ3n) is 3.59. The van der Waals surface area contributed by atoms with Crippen LogP contribution in [0.4, 0.5) is 0 Å². The lowest BCUT2D eigenvalue weighted by Crippen LogP contribution is -2.25. The monoisotopic (exact) mass is 289 g/mol. The molecule has 0 spiro atoms. The molecule has 2 aromatic rings. The molecule has 0 amide bonds. The van der Waals surface area contributed by atoms with Crippen LogP contribution in [0.15, 0.2) is 18.2 Å². The Kier molecular flexibility index (Phi) is 3.39. The van der Waals surface area contributed by atoms with Gasteiger partial charge in [0.25, 0.3) is 0 Å². The van der Waals surface area contributed by atoms with Gasteiger partial charge in [-0.2, -0.15) is 0 Å². The first-order valence-corrected chi connectivity index (χ1v) is 6.78. The number of fused-ring (bicyclic) bond motifs is 3. The number of carbonyl (C=O) groups excluding carboxylic acids is 1. The molecule has 2 heterocycles. The van der Waals surface area contributed by atoms with E-state index in [0.29, 0.717) is 24.2 Å². The van der Waals surface area contributed by atoms with Crippen LogP contribution in [0.5, 0.6) is 0 Å². The van der Waals surface area contributed by atoms with E-state index in [1.165, 1.54) is 0 Å². The van der Waals surface area contributed by atoms with Crippen molar-refractivity contribution < 1.29 is 24.2 Å². The van der Waals surface area contributed by atoms with Gasteiger partial charge in [-0.3, -0.25) is 0 Å². The first-order chi connectivity index (χ1) is 10.1. The molecule has 1 aromatic heterocycles. The maximum absolute atomic E-state index is 12.0. The lowest BCUT2D eigenvalue weighted by atomic mass is 10.0. The molecule has 2 N–H and O–H groups in total. The second kappa shape index (κ2) is 5.21. The van der Waals surface area contributed by atoms with Crippen LogP contribution in [0, 0.1) is 0 Å². The summed E-state index contributed by atoms with van der Waals surface area (Å²) in [5.41, 5.74) is 2.55. The molecule has 1 unspecified atom stereocenters. The Bertz CT molecular complexity index is 718. The smallest absolute Gasteiger partial charge is 0.341 e. The predicted molar refractivity (Wildman–Crippen MR) is 74.3 cm³/mol. The highest BCUT2D eigenvalue weighted by molar-refractivity contribution is 5.95. The number of hydrogen-bond acceptors (Lipinski definition) is 4. The minimum Gasteiger partial charge on any atom is -0.478 e. The largest absolute Gasteiger partial charge is 0.478 e. The van der Waals surface area contributed by atoms with Gasteiger partial charge in [-0.05, 0) is 31.0 Å². The van der Waals surface area contributed by atoms with Crippen molar-refractivity contribution >= 4 is 22.8 Å². The average molecular weight is 289 g/mol. The molecule has 6 nitrogen and oxygen atoms in total. The standard InChI is InChI=1S/C15H15NO5/c1-2-20-15(19)13-12-10(5-6-21-13)9-4-3-8(14(17)18)7-11(9)16-12/h3-4,7,13,16H,2,5-6H2,1H3,(H,17,18). The van der Waals surface area contributed by atoms with Gasteiger partial charge in [0, 0.05) is 10.9 Å². The number of aromatic carboxylic acids is 1. The van der Waals surface area contributed by atoms with Crippen molar-refractivity contribution in [3.8, 4) is 0 Å². The van der Waals surface area contributed by atoms with Crippen LogP contribution in [0.25, 0.3) is 10.9 Å². The molecule has 0 aliphatic carbocycles. The predicted octanol–water partition coefficient (Wildman–Crippen LogP) is 2.04. The van der Waals surface area contributed by atoms with Gasteiger partial charge < -0.3 is 19.6 Å². The van der Waals surface area contributed by atoms with Crippen molar-refractivity contribution in [3.63, 3.8) is 0 Å². The van der Waals surface area contributed by atoms with Crippen molar-refractivity contribution in [2.45, 2.75) is 19.4 Å². The van der Waals surface area contributed by atoms with Gasteiger partial charge in [0.1, 0.15) is 0 Å². The lowest BCUT2D eigenvalue weighted by Gasteiger charge is -2.21. The highest BCUT2D eigenvalue weighted by Crippen LogP contribution is 2.33. The molecule has 21 heavy (non-hydrogen) atoms. The van der Waals surface area contributed by atoms with Crippen LogP contribution in [-0.4, -0.2) is 35.2 Å². The second-order valence-corrected chi connectivity index (χ2v) is 4.84. The molecular weight excluding hydrogens is 274 g/mol. The number of aromatic nitrogens is 1. The Balaban J connectivity index is 2.09. The molecule has 0 bridgehead atoms. The lowest BCUT2D eigenvalue weighted by molar-refractivity contribution is -0.158. The summed E-state index contributed by atoms with van der Waals surface area (Å²) < 4.78 is 10.5. The molecule has 1 aliphatic heterocycles. The fourth-order valence-electron chi connectivity index (χ4n) is 2.67. The number of carbonyl (C=O) groups is 2. The van der Waals surface area contributed by atoms with Crippen LogP contribution >= 0.6 is 0 Å². The number of ether oxygens (including phenoxy) is 2. The van der Waals surface area contributed by atoms with Crippen LogP contribution in [0.2, 0.25) is 0 Å². The number of carboxylic acids is 1. The maximum atomic E-state index is 12.0. The third kappa shape index (κ3) is 2.27. The quantitative estimate of drug-likeness (QED) is 0.844. The van der Waals surface area contributed by atoms with E-state index in [2.05, 4.69) is 4.98 Å². The Labute approximate surface area is 120 Å². The summed E-state index contributed by atoms with van der Waals surface area (Å²) in [7, 11) is 0. The van der Waals surface area contributed by atoms with Crippen molar-refractivity contribution in [3.05, 3.63) is 35.0 Å². The van der Waals surface area contributed by atoms with Crippen LogP contribution in [0.1, 0.15) is 34.6 Å². The number of nitrogens with one attached hydrogen (secondary N) is 1. The van der Waals surface area contributed by atoms with E-state index < -0.39 is 18.0 Å². The SMILES string of the molecule is CCOC(=O)C1OCCc2c1[nH]c1cc(C(=O)O)ccc21. The van der Waals surface area contributed by atoms with Gasteiger partial charge in [0.05, 0.1) is 24.5 Å². The fourth-order valence-corrected chi connectivity index (χ4v) is 2.67. The van der Waals surface area contributed by atoms with Crippen molar-refractivity contribution in [1.82, 2.24) is 4.98 Å². The maximum Gasteiger partial charge on any atom is 0.341 e. The number of H-pyrrole nitrogens is 1. The topological polar surface area (TPSA) is 88.6 Å². The zero-order chi connectivity index (χ0) is 15.0. The molecule has 110 valence electrons. The molecule has 0 saturated heterocycles. The molecule has 1 aliphatic rings. The number of aromatic amines is 1. The molecule has 1 atom stereocenters. The van der Waals surface area contributed by atoms with Gasteiger partial charge in [-0.25, -0.2) is 9.59 Å². The van der Waals surface area contributed by atoms with E-state index >= 15 is 0 Å². The van der Waals surface area contributed by atoms with E-state index in [0.717, 1.165) is 10.9 Å². The Morgan fingerprint density at radius 1 is 1.48 bits per heavy atom. The van der Waals surface area contributed by atoms with E-state index in [1.807, 2.05) is 0 Å². The molecule has 3 rings (SSSR count). The minimum absolute atomic E-state index is 0.203. The van der Waals surface area contributed by atoms with E-state index in [4.69, 9.17) is 14.6 Å². The van der Waals surface area contributed by atoms with Gasteiger partial charge in [-0.15, -0.1) is 0 Å². The zero-order valence-corrected chi connectivity index (χ0v) is 11.5. The summed E-state index contributed by atoms with van der Waals surface area (Å²) in [5, 5.41) is 9.97. The van der Waals surface area contributed by atoms with E-state index in [1.54, 1.807) is 25.1 Å². The molecule has 6 heteroatoms. The van der Waals surface area contributed by atoms with Gasteiger partial charge in [0.15, 0.2) is 6.10 Å². The summed E-state index contributed by atoms with van der Waals surface area (Å²) >= 11 is 0. The number of hydrogen-bond donors (Lipinski definition) is 2. The van der Waals surface area contributed by atoms with Crippen LogP contribution in [0.3, 0.4) is 0 Å². The van der Waals surface area contributed by atoms with E-state index in [9.17, 15) is 9.59 Å².